The van der Waals surface area contributed by atoms with Gasteiger partial charge >= 0.3 is 5.97 Å². The number of ether oxygens (including phenoxy) is 1. The number of carbonyl (C=O) groups excluding carboxylic acids is 1. The molecule has 0 radical (unpaired) electrons. The van der Waals surface area contributed by atoms with Crippen molar-refractivity contribution in [2.45, 2.75) is 32.8 Å². The Balaban J connectivity index is 2.34. The minimum atomic E-state index is -1.12. The summed E-state index contributed by atoms with van der Waals surface area (Å²) in [7, 11) is 0. The van der Waals surface area contributed by atoms with Gasteiger partial charge in [0, 0.05) is 6.54 Å². The van der Waals surface area contributed by atoms with Crippen LogP contribution < -0.4 is 10.1 Å². The highest BCUT2D eigenvalue weighted by Crippen LogP contribution is 2.13. The van der Waals surface area contributed by atoms with Crippen LogP contribution >= 0.6 is 0 Å². The largest absolute Gasteiger partial charge is 0.491 e. The highest BCUT2D eigenvalue weighted by molar-refractivity contribution is 5.93. The molecule has 0 atom stereocenters. The smallest absolute Gasteiger partial charge is 0.312 e. The molecule has 0 fully saturated rings. The lowest BCUT2D eigenvalue weighted by atomic mass is 10.1. The van der Waals surface area contributed by atoms with E-state index >= 15 is 0 Å². The zero-order valence-corrected chi connectivity index (χ0v) is 11.2. The van der Waals surface area contributed by atoms with Crippen LogP contribution in [0.2, 0.25) is 0 Å². The van der Waals surface area contributed by atoms with E-state index in [9.17, 15) is 9.59 Å². The second kappa shape index (κ2) is 7.41. The number of nitrogens with one attached hydrogen (secondary N) is 1. The van der Waals surface area contributed by atoms with Gasteiger partial charge in [-0.05, 0) is 38.0 Å². The van der Waals surface area contributed by atoms with Gasteiger partial charge in [-0.25, -0.2) is 0 Å². The van der Waals surface area contributed by atoms with E-state index < -0.39 is 18.3 Å². The molecule has 1 aromatic carbocycles. The number of hydrogen-bond donors (Lipinski definition) is 2. The van der Waals surface area contributed by atoms with Gasteiger partial charge in [0.25, 0.3) is 0 Å². The summed E-state index contributed by atoms with van der Waals surface area (Å²) in [4.78, 5) is 21.4. The summed E-state index contributed by atoms with van der Waals surface area (Å²) in [6, 6.07) is 7.63. The number of benzene rings is 1. The maximum atomic E-state index is 11.1. The number of amides is 1. The van der Waals surface area contributed by atoms with Crippen LogP contribution in [0, 0.1) is 0 Å². The number of carbonyl (C=O) groups is 2. The van der Waals surface area contributed by atoms with Gasteiger partial charge in [-0.3, -0.25) is 9.59 Å². The van der Waals surface area contributed by atoms with Crippen molar-refractivity contribution >= 4 is 11.9 Å². The Bertz CT molecular complexity index is 426. The van der Waals surface area contributed by atoms with Gasteiger partial charge in [-0.15, -0.1) is 0 Å². The second-order valence-corrected chi connectivity index (χ2v) is 4.48. The van der Waals surface area contributed by atoms with Gasteiger partial charge in [0.05, 0.1) is 6.10 Å². The van der Waals surface area contributed by atoms with Gasteiger partial charge in [0.15, 0.2) is 0 Å². The van der Waals surface area contributed by atoms with E-state index in [1.807, 2.05) is 38.1 Å². The van der Waals surface area contributed by atoms with Crippen molar-refractivity contribution in [3.63, 3.8) is 0 Å². The average molecular weight is 265 g/mol. The molecule has 0 aromatic heterocycles. The summed E-state index contributed by atoms with van der Waals surface area (Å²) in [5, 5.41) is 11.0. The molecule has 1 rings (SSSR count). The molecule has 0 saturated carbocycles. The highest BCUT2D eigenvalue weighted by atomic mass is 16.5. The molecule has 5 heteroatoms. The third kappa shape index (κ3) is 6.45. The number of carboxylic acids is 1. The highest BCUT2D eigenvalue weighted by Gasteiger charge is 2.06. The van der Waals surface area contributed by atoms with E-state index in [-0.39, 0.29) is 6.10 Å². The molecule has 1 aromatic rings. The van der Waals surface area contributed by atoms with Crippen molar-refractivity contribution in [2.75, 3.05) is 6.54 Å². The molecular formula is C14H19NO4. The average Bonchev–Trinajstić information content (AvgIpc) is 2.29. The summed E-state index contributed by atoms with van der Waals surface area (Å²) in [6.45, 7) is 4.36. The lowest BCUT2D eigenvalue weighted by molar-refractivity contribution is -0.140. The molecule has 2 N–H and O–H groups in total. The number of rotatable bonds is 7. The van der Waals surface area contributed by atoms with Crippen LogP contribution in [0.4, 0.5) is 0 Å². The van der Waals surface area contributed by atoms with Crippen molar-refractivity contribution in [1.82, 2.24) is 5.32 Å². The van der Waals surface area contributed by atoms with Crippen LogP contribution in [0.5, 0.6) is 5.75 Å². The fourth-order valence-electron chi connectivity index (χ4n) is 1.55. The molecule has 0 spiro atoms. The van der Waals surface area contributed by atoms with Crippen LogP contribution in [-0.4, -0.2) is 29.6 Å². The van der Waals surface area contributed by atoms with Crippen molar-refractivity contribution in [3.8, 4) is 5.75 Å². The molecule has 0 aliphatic carbocycles. The van der Waals surface area contributed by atoms with E-state index in [2.05, 4.69) is 5.32 Å². The number of aliphatic carboxylic acids is 1. The third-order valence-electron chi connectivity index (χ3n) is 2.34. The maximum absolute atomic E-state index is 11.1. The van der Waals surface area contributed by atoms with Gasteiger partial charge < -0.3 is 15.2 Å². The molecule has 0 aliphatic heterocycles. The second-order valence-electron chi connectivity index (χ2n) is 4.48. The van der Waals surface area contributed by atoms with E-state index in [4.69, 9.17) is 9.84 Å². The molecule has 5 nitrogen and oxygen atoms in total. The Morgan fingerprint density at radius 3 is 2.42 bits per heavy atom. The number of hydrogen-bond acceptors (Lipinski definition) is 3. The fourth-order valence-corrected chi connectivity index (χ4v) is 1.55. The molecule has 1 amide bonds. The summed E-state index contributed by atoms with van der Waals surface area (Å²) < 4.78 is 5.52. The molecule has 0 bridgehead atoms. The summed E-state index contributed by atoms with van der Waals surface area (Å²) in [5.74, 6) is -0.770. The standard InChI is InChI=1S/C14H19NO4/c1-10(2)19-12-5-3-11(4-6-12)7-8-15-13(16)9-14(17)18/h3-6,10H,7-9H2,1-2H3,(H,15,16)(H,17,18). The summed E-state index contributed by atoms with van der Waals surface area (Å²) >= 11 is 0. The van der Waals surface area contributed by atoms with Gasteiger partial charge in [-0.1, -0.05) is 12.1 Å². The van der Waals surface area contributed by atoms with Crippen molar-refractivity contribution in [3.05, 3.63) is 29.8 Å². The Morgan fingerprint density at radius 1 is 1.26 bits per heavy atom. The fraction of sp³-hybridized carbons (Fsp3) is 0.429. The molecule has 19 heavy (non-hydrogen) atoms. The zero-order chi connectivity index (χ0) is 14.3. The molecule has 0 saturated heterocycles. The first-order valence-electron chi connectivity index (χ1n) is 6.21. The Kier molecular flexibility index (Phi) is 5.85. The lowest BCUT2D eigenvalue weighted by Gasteiger charge is -2.10. The Hall–Kier alpha value is -2.04. The predicted octanol–water partition coefficient (Wildman–Crippen LogP) is 1.61. The third-order valence-corrected chi connectivity index (χ3v) is 2.34. The Labute approximate surface area is 112 Å². The minimum Gasteiger partial charge on any atom is -0.491 e. The lowest BCUT2D eigenvalue weighted by Crippen LogP contribution is -2.27. The first-order chi connectivity index (χ1) is 8.97. The van der Waals surface area contributed by atoms with Crippen LogP contribution in [0.15, 0.2) is 24.3 Å². The Morgan fingerprint density at radius 2 is 1.89 bits per heavy atom. The first-order valence-corrected chi connectivity index (χ1v) is 6.21. The molecule has 0 unspecified atom stereocenters. The topological polar surface area (TPSA) is 75.6 Å². The van der Waals surface area contributed by atoms with Crippen LogP contribution in [0.25, 0.3) is 0 Å². The number of carboxylic acid groups (broad SMARTS) is 1. The van der Waals surface area contributed by atoms with Crippen LogP contribution in [0.1, 0.15) is 25.8 Å². The normalized spacial score (nSPS) is 10.3. The van der Waals surface area contributed by atoms with Crippen molar-refractivity contribution in [1.29, 1.82) is 0 Å². The van der Waals surface area contributed by atoms with E-state index in [0.29, 0.717) is 13.0 Å². The minimum absolute atomic E-state index is 0.140. The first kappa shape index (κ1) is 15.0. The zero-order valence-electron chi connectivity index (χ0n) is 11.2. The SMILES string of the molecule is CC(C)Oc1ccc(CCNC(=O)CC(=O)O)cc1. The summed E-state index contributed by atoms with van der Waals surface area (Å²) in [6.07, 6.45) is 0.315. The molecule has 0 heterocycles. The van der Waals surface area contributed by atoms with E-state index in [1.165, 1.54) is 0 Å². The quantitative estimate of drug-likeness (QED) is 0.734. The maximum Gasteiger partial charge on any atom is 0.312 e. The van der Waals surface area contributed by atoms with E-state index in [1.54, 1.807) is 0 Å². The summed E-state index contributed by atoms with van der Waals surface area (Å²) in [5.41, 5.74) is 1.06. The molecule has 104 valence electrons. The van der Waals surface area contributed by atoms with Crippen LogP contribution in [-0.2, 0) is 16.0 Å². The molecular weight excluding hydrogens is 246 g/mol. The molecule has 0 aliphatic rings. The van der Waals surface area contributed by atoms with Crippen LogP contribution in [0.3, 0.4) is 0 Å². The van der Waals surface area contributed by atoms with E-state index in [0.717, 1.165) is 11.3 Å². The van der Waals surface area contributed by atoms with Gasteiger partial charge in [0.2, 0.25) is 5.91 Å². The van der Waals surface area contributed by atoms with Crippen molar-refractivity contribution in [2.24, 2.45) is 0 Å². The van der Waals surface area contributed by atoms with Crippen molar-refractivity contribution < 1.29 is 19.4 Å². The monoisotopic (exact) mass is 265 g/mol. The predicted molar refractivity (Wildman–Crippen MR) is 71.2 cm³/mol. The van der Waals surface area contributed by atoms with Gasteiger partial charge in [0.1, 0.15) is 12.2 Å². The van der Waals surface area contributed by atoms with Gasteiger partial charge in [-0.2, -0.15) is 0 Å².